The maximum Gasteiger partial charge on any atom is 0.0864 e. The number of hydrogen-bond donors (Lipinski definition) is 3. The molecule has 5 heteroatoms. The summed E-state index contributed by atoms with van der Waals surface area (Å²) in [5.74, 6) is 0.444. The Morgan fingerprint density at radius 2 is 2.11 bits per heavy atom. The highest BCUT2D eigenvalue weighted by atomic mass is 35.5. The fourth-order valence-electron chi connectivity index (χ4n) is 1.33. The molecule has 0 saturated carbocycles. The van der Waals surface area contributed by atoms with Crippen LogP contribution < -0.4 is 5.32 Å². The van der Waals surface area contributed by atoms with E-state index in [0.29, 0.717) is 16.8 Å². The summed E-state index contributed by atoms with van der Waals surface area (Å²) in [5, 5.41) is 22.0. The molecule has 1 aromatic rings. The van der Waals surface area contributed by atoms with Crippen molar-refractivity contribution in [1.29, 1.82) is 0 Å². The number of benzene rings is 1. The number of hydrogen-bond acceptors (Lipinski definition) is 4. The molecular weight excluding hydrogens is 270 g/mol. The van der Waals surface area contributed by atoms with Crippen LogP contribution in [0, 0.1) is 0 Å². The van der Waals surface area contributed by atoms with Crippen LogP contribution >= 0.6 is 23.4 Å². The summed E-state index contributed by atoms with van der Waals surface area (Å²) < 4.78 is 0. The van der Waals surface area contributed by atoms with E-state index in [4.69, 9.17) is 16.7 Å². The summed E-state index contributed by atoms with van der Waals surface area (Å²) in [6.45, 7) is 4.77. The molecule has 0 radical (unpaired) electrons. The fourth-order valence-corrected chi connectivity index (χ4v) is 2.54. The van der Waals surface area contributed by atoms with Crippen molar-refractivity contribution in [2.24, 2.45) is 0 Å². The van der Waals surface area contributed by atoms with Crippen molar-refractivity contribution < 1.29 is 10.2 Å². The summed E-state index contributed by atoms with van der Waals surface area (Å²) >= 11 is 7.63. The highest BCUT2D eigenvalue weighted by Gasteiger charge is 2.07. The molecule has 0 saturated heterocycles. The zero-order valence-corrected chi connectivity index (χ0v) is 12.3. The monoisotopic (exact) mass is 289 g/mol. The van der Waals surface area contributed by atoms with Gasteiger partial charge in [0.15, 0.2) is 0 Å². The molecule has 0 spiro atoms. The molecule has 0 amide bonds. The second-order valence-corrected chi connectivity index (χ2v) is 5.92. The van der Waals surface area contributed by atoms with Crippen LogP contribution in [0.2, 0.25) is 5.02 Å². The van der Waals surface area contributed by atoms with Crippen LogP contribution in [0.4, 0.5) is 0 Å². The van der Waals surface area contributed by atoms with Gasteiger partial charge in [0.2, 0.25) is 0 Å². The number of aliphatic hydroxyl groups is 2. The first kappa shape index (κ1) is 15.8. The average molecular weight is 290 g/mol. The highest BCUT2D eigenvalue weighted by Crippen LogP contribution is 2.28. The molecule has 3 N–H and O–H groups in total. The molecule has 102 valence electrons. The Morgan fingerprint density at radius 3 is 2.67 bits per heavy atom. The van der Waals surface area contributed by atoms with Crippen LogP contribution in [0.15, 0.2) is 23.1 Å². The average Bonchev–Trinajstić information content (AvgIpc) is 2.34. The number of thioether (sulfide) groups is 1. The van der Waals surface area contributed by atoms with E-state index in [2.05, 4.69) is 19.2 Å². The van der Waals surface area contributed by atoms with Crippen molar-refractivity contribution in [2.75, 3.05) is 12.4 Å². The van der Waals surface area contributed by atoms with Crippen molar-refractivity contribution in [3.05, 3.63) is 28.8 Å². The Kier molecular flexibility index (Phi) is 7.04. The van der Waals surface area contributed by atoms with Gasteiger partial charge in [-0.2, -0.15) is 0 Å². The molecular formula is C13H20ClNO2S. The van der Waals surface area contributed by atoms with Gasteiger partial charge in [0.25, 0.3) is 0 Å². The van der Waals surface area contributed by atoms with Crippen molar-refractivity contribution in [3.63, 3.8) is 0 Å². The van der Waals surface area contributed by atoms with E-state index in [-0.39, 0.29) is 6.61 Å². The first-order chi connectivity index (χ1) is 8.52. The predicted molar refractivity (Wildman–Crippen MR) is 77.2 cm³/mol. The minimum absolute atomic E-state index is 0.221. The minimum Gasteiger partial charge on any atom is -0.394 e. The van der Waals surface area contributed by atoms with Gasteiger partial charge in [-0.25, -0.2) is 0 Å². The van der Waals surface area contributed by atoms with Gasteiger partial charge in [-0.3, -0.25) is 0 Å². The maximum absolute atomic E-state index is 9.29. The molecule has 1 rings (SSSR count). The van der Waals surface area contributed by atoms with Gasteiger partial charge in [-0.05, 0) is 17.7 Å². The van der Waals surface area contributed by atoms with E-state index in [0.717, 1.165) is 17.0 Å². The summed E-state index contributed by atoms with van der Waals surface area (Å²) in [5.41, 5.74) is 1.14. The molecule has 3 nitrogen and oxygen atoms in total. The lowest BCUT2D eigenvalue weighted by atomic mass is 10.2. The van der Waals surface area contributed by atoms with Crippen LogP contribution in [0.5, 0.6) is 0 Å². The Bertz CT molecular complexity index is 374. The van der Waals surface area contributed by atoms with Crippen LogP contribution in [-0.2, 0) is 6.54 Å². The van der Waals surface area contributed by atoms with Gasteiger partial charge in [0, 0.05) is 23.2 Å². The topological polar surface area (TPSA) is 52.5 Å². The third-order valence-electron chi connectivity index (χ3n) is 2.35. The minimum atomic E-state index is -0.701. The zero-order valence-electron chi connectivity index (χ0n) is 10.7. The molecule has 0 aromatic heterocycles. The molecule has 0 bridgehead atoms. The second kappa shape index (κ2) is 8.02. The molecule has 1 aromatic carbocycles. The van der Waals surface area contributed by atoms with E-state index >= 15 is 0 Å². The Hall–Kier alpha value is -0.260. The third-order valence-corrected chi connectivity index (χ3v) is 4.00. The number of rotatable bonds is 7. The van der Waals surface area contributed by atoms with Crippen LogP contribution in [0.3, 0.4) is 0 Å². The van der Waals surface area contributed by atoms with Crippen LogP contribution in [0.1, 0.15) is 19.4 Å². The quantitative estimate of drug-likeness (QED) is 0.674. The first-order valence-electron chi connectivity index (χ1n) is 5.96. The lowest BCUT2D eigenvalue weighted by molar-refractivity contribution is 0.113. The third kappa shape index (κ3) is 5.59. The summed E-state index contributed by atoms with van der Waals surface area (Å²) in [6, 6.07) is 6.35. The lowest BCUT2D eigenvalue weighted by Gasteiger charge is -2.11. The standard InChI is InChI=1S/C13H20ClNO2S/c1-9(2)15-6-10-3-4-13(12(14)5-10)18-8-11(17)7-16/h3-5,9,11,15-17H,6-8H2,1-2H3. The molecule has 1 atom stereocenters. The van der Waals surface area contributed by atoms with Crippen LogP contribution in [0.25, 0.3) is 0 Å². The predicted octanol–water partition coefficient (Wildman–Crippen LogP) is 2.28. The molecule has 0 aliphatic rings. The first-order valence-corrected chi connectivity index (χ1v) is 7.32. The lowest BCUT2D eigenvalue weighted by Crippen LogP contribution is -2.21. The van der Waals surface area contributed by atoms with E-state index < -0.39 is 6.10 Å². The normalized spacial score (nSPS) is 13.0. The zero-order chi connectivity index (χ0) is 13.5. The molecule has 0 aliphatic carbocycles. The largest absolute Gasteiger partial charge is 0.394 e. The number of nitrogens with one attached hydrogen (secondary N) is 1. The van der Waals surface area contributed by atoms with Crippen molar-refractivity contribution in [3.8, 4) is 0 Å². The van der Waals surface area contributed by atoms with Crippen LogP contribution in [-0.4, -0.2) is 34.7 Å². The Labute approximate surface area is 118 Å². The van der Waals surface area contributed by atoms with E-state index in [1.807, 2.05) is 18.2 Å². The van der Waals surface area contributed by atoms with Gasteiger partial charge < -0.3 is 15.5 Å². The van der Waals surface area contributed by atoms with E-state index in [1.54, 1.807) is 0 Å². The van der Waals surface area contributed by atoms with Crippen molar-refractivity contribution in [1.82, 2.24) is 5.32 Å². The van der Waals surface area contributed by atoms with Gasteiger partial charge in [-0.1, -0.05) is 31.5 Å². The summed E-state index contributed by atoms with van der Waals surface area (Å²) in [4.78, 5) is 0.928. The molecule has 0 heterocycles. The number of halogens is 1. The van der Waals surface area contributed by atoms with Crippen molar-refractivity contribution >= 4 is 23.4 Å². The smallest absolute Gasteiger partial charge is 0.0864 e. The Morgan fingerprint density at radius 1 is 1.39 bits per heavy atom. The van der Waals surface area contributed by atoms with E-state index in [9.17, 15) is 5.11 Å². The second-order valence-electron chi connectivity index (χ2n) is 4.45. The van der Waals surface area contributed by atoms with E-state index in [1.165, 1.54) is 11.8 Å². The van der Waals surface area contributed by atoms with Gasteiger partial charge >= 0.3 is 0 Å². The van der Waals surface area contributed by atoms with Crippen molar-refractivity contribution in [2.45, 2.75) is 37.4 Å². The maximum atomic E-state index is 9.29. The van der Waals surface area contributed by atoms with Gasteiger partial charge in [0.05, 0.1) is 17.7 Å². The fraction of sp³-hybridized carbons (Fsp3) is 0.538. The highest BCUT2D eigenvalue weighted by molar-refractivity contribution is 7.99. The molecule has 0 fully saturated rings. The molecule has 1 unspecified atom stereocenters. The van der Waals surface area contributed by atoms with Gasteiger partial charge in [0.1, 0.15) is 0 Å². The Balaban J connectivity index is 2.56. The molecule has 0 aliphatic heterocycles. The molecule has 18 heavy (non-hydrogen) atoms. The number of aliphatic hydroxyl groups excluding tert-OH is 2. The summed E-state index contributed by atoms with van der Waals surface area (Å²) in [6.07, 6.45) is -0.701. The van der Waals surface area contributed by atoms with Gasteiger partial charge in [-0.15, -0.1) is 11.8 Å². The SMILES string of the molecule is CC(C)NCc1ccc(SCC(O)CO)c(Cl)c1. The summed E-state index contributed by atoms with van der Waals surface area (Å²) in [7, 11) is 0.